The summed E-state index contributed by atoms with van der Waals surface area (Å²) in [4.78, 5) is 0. The lowest BCUT2D eigenvalue weighted by Crippen LogP contribution is -2.73. The van der Waals surface area contributed by atoms with Crippen LogP contribution < -0.4 is 5.32 Å². The minimum Gasteiger partial charge on any atom is -0.302 e. The highest BCUT2D eigenvalue weighted by molar-refractivity contribution is 5.19. The van der Waals surface area contributed by atoms with Gasteiger partial charge >= 0.3 is 35.8 Å². The van der Waals surface area contributed by atoms with Crippen LogP contribution in [-0.4, -0.2) is 41.8 Å². The van der Waals surface area contributed by atoms with E-state index in [4.69, 9.17) is 0 Å². The van der Waals surface area contributed by atoms with Crippen molar-refractivity contribution in [3.05, 3.63) is 35.9 Å². The van der Waals surface area contributed by atoms with Gasteiger partial charge in [-0.1, -0.05) is 44.2 Å². The number of nitrogens with one attached hydrogen (secondary N) is 1. The highest BCUT2D eigenvalue weighted by Crippen LogP contribution is 2.61. The molecule has 1 aromatic rings. The van der Waals surface area contributed by atoms with Gasteiger partial charge in [0.05, 0.1) is 6.04 Å². The average molecular weight is 495 g/mol. The van der Waals surface area contributed by atoms with Gasteiger partial charge in [0.1, 0.15) is 0 Å². The molecule has 0 unspecified atom stereocenters. The quantitative estimate of drug-likeness (QED) is 0.361. The lowest BCUT2D eigenvalue weighted by atomic mass is 9.86. The fourth-order valence-electron chi connectivity index (χ4n) is 2.80. The molecule has 2 atom stereocenters. The molecule has 1 rings (SSSR count). The molecule has 32 heavy (non-hydrogen) atoms. The first kappa shape index (κ1) is 28.3. The van der Waals surface area contributed by atoms with E-state index in [0.29, 0.717) is 0 Å². The van der Waals surface area contributed by atoms with Gasteiger partial charge in [0.25, 0.3) is 0 Å². The molecule has 0 aliphatic carbocycles. The summed E-state index contributed by atoms with van der Waals surface area (Å²) in [6, 6.07) is 2.64. The van der Waals surface area contributed by atoms with E-state index in [1.54, 1.807) is 0 Å². The second-order valence-electron chi connectivity index (χ2n) is 7.44. The molecule has 0 radical (unpaired) electrons. The van der Waals surface area contributed by atoms with Crippen LogP contribution in [0.25, 0.3) is 0 Å². The van der Waals surface area contributed by atoms with Gasteiger partial charge in [-0.2, -0.15) is 57.1 Å². The molecule has 0 saturated carbocycles. The van der Waals surface area contributed by atoms with E-state index in [-0.39, 0.29) is 5.56 Å². The molecule has 14 heteroatoms. The van der Waals surface area contributed by atoms with Crippen LogP contribution in [0.15, 0.2) is 30.3 Å². The largest absolute Gasteiger partial charge is 0.460 e. The molecule has 0 amide bonds. The summed E-state index contributed by atoms with van der Waals surface area (Å²) in [7, 11) is 0. The first-order chi connectivity index (χ1) is 14.1. The highest BCUT2D eigenvalue weighted by Gasteiger charge is 2.91. The van der Waals surface area contributed by atoms with Gasteiger partial charge in [0.15, 0.2) is 0 Å². The molecule has 0 bridgehead atoms. The zero-order valence-corrected chi connectivity index (χ0v) is 16.5. The van der Waals surface area contributed by atoms with Crippen LogP contribution in [0.5, 0.6) is 0 Å². The van der Waals surface area contributed by atoms with Crippen LogP contribution in [0.2, 0.25) is 0 Å². The normalized spacial score (nSPS) is 16.9. The van der Waals surface area contributed by atoms with Crippen molar-refractivity contribution in [1.82, 2.24) is 5.32 Å². The average Bonchev–Trinajstić information content (AvgIpc) is 2.64. The maximum atomic E-state index is 14.6. The van der Waals surface area contributed by atoms with Crippen molar-refractivity contribution in [2.24, 2.45) is 5.92 Å². The van der Waals surface area contributed by atoms with E-state index in [1.807, 2.05) is 5.32 Å². The summed E-state index contributed by atoms with van der Waals surface area (Å²) in [5, 5.41) is 1.85. The van der Waals surface area contributed by atoms with Gasteiger partial charge in [-0.3, -0.25) is 0 Å². The van der Waals surface area contributed by atoms with E-state index in [2.05, 4.69) is 0 Å². The Kier molecular flexibility index (Phi) is 7.57. The lowest BCUT2D eigenvalue weighted by molar-refractivity contribution is -0.442. The SMILES string of the molecule is CC(C)[C@@H](N[C@@H](C)c1ccccc1)C(F)(F)C(F)(F)C(F)(F)C(F)(F)C(F)(F)C(F)(F)F. The van der Waals surface area contributed by atoms with E-state index in [0.717, 1.165) is 20.8 Å². The summed E-state index contributed by atoms with van der Waals surface area (Å²) in [5.41, 5.74) is 0.179. The summed E-state index contributed by atoms with van der Waals surface area (Å²) in [6.07, 6.45) is -7.43. The van der Waals surface area contributed by atoms with Crippen molar-refractivity contribution in [2.45, 2.75) is 68.6 Å². The van der Waals surface area contributed by atoms with Crippen molar-refractivity contribution >= 4 is 0 Å². The minimum atomic E-state index is -7.91. The van der Waals surface area contributed by atoms with Crippen LogP contribution in [0.1, 0.15) is 32.4 Å². The fraction of sp³-hybridized carbons (Fsp3) is 0.667. The molecule has 1 N–H and O–H groups in total. The molecule has 0 aliphatic heterocycles. The molecule has 1 nitrogen and oxygen atoms in total. The molecule has 186 valence electrons. The number of benzene rings is 1. The first-order valence-electron chi connectivity index (χ1n) is 8.84. The summed E-state index contributed by atoms with van der Waals surface area (Å²) >= 11 is 0. The fourth-order valence-corrected chi connectivity index (χ4v) is 2.80. The Balaban J connectivity index is 3.48. The molecule has 0 heterocycles. The van der Waals surface area contributed by atoms with Crippen molar-refractivity contribution < 1.29 is 57.1 Å². The number of hydrogen-bond donors (Lipinski definition) is 1. The minimum absolute atomic E-state index is 0.179. The Hall–Kier alpha value is -1.73. The Morgan fingerprint density at radius 1 is 0.594 bits per heavy atom. The number of halogens is 13. The Morgan fingerprint density at radius 3 is 1.38 bits per heavy atom. The second-order valence-corrected chi connectivity index (χ2v) is 7.44. The topological polar surface area (TPSA) is 12.0 Å². The zero-order valence-electron chi connectivity index (χ0n) is 16.5. The maximum Gasteiger partial charge on any atom is 0.460 e. The Bertz CT molecular complexity index is 756. The zero-order chi connectivity index (χ0) is 25.6. The Morgan fingerprint density at radius 2 is 1.00 bits per heavy atom. The van der Waals surface area contributed by atoms with Crippen molar-refractivity contribution in [3.8, 4) is 0 Å². The molecule has 1 aromatic carbocycles. The number of hydrogen-bond acceptors (Lipinski definition) is 1. The standard InChI is InChI=1S/C18H18F13N/c1-9(2)12(32-10(3)11-7-5-4-6-8-11)13(19,20)14(21,22)15(23,24)16(25,26)17(27,28)18(29,30)31/h4-10,12,32H,1-3H3/t10-,12+/m0/s1. The van der Waals surface area contributed by atoms with Crippen molar-refractivity contribution in [1.29, 1.82) is 0 Å². The van der Waals surface area contributed by atoms with Gasteiger partial charge in [-0.05, 0) is 18.4 Å². The second kappa shape index (κ2) is 8.56. The van der Waals surface area contributed by atoms with Gasteiger partial charge < -0.3 is 5.32 Å². The third-order valence-corrected chi connectivity index (χ3v) is 4.74. The third kappa shape index (κ3) is 4.38. The molecular formula is C18H18F13N. The van der Waals surface area contributed by atoms with E-state index in [9.17, 15) is 57.1 Å². The maximum absolute atomic E-state index is 14.6. The molecule has 0 fully saturated rings. The van der Waals surface area contributed by atoms with Crippen LogP contribution in [0.4, 0.5) is 57.1 Å². The molecule has 0 aromatic heterocycles. The number of alkyl halides is 13. The van der Waals surface area contributed by atoms with E-state index < -0.39 is 53.8 Å². The lowest BCUT2D eigenvalue weighted by Gasteiger charge is -2.43. The van der Waals surface area contributed by atoms with Crippen LogP contribution >= 0.6 is 0 Å². The monoisotopic (exact) mass is 495 g/mol. The van der Waals surface area contributed by atoms with Gasteiger partial charge in [0, 0.05) is 6.04 Å². The molecule has 0 aliphatic rings. The van der Waals surface area contributed by atoms with Crippen molar-refractivity contribution in [3.63, 3.8) is 0 Å². The van der Waals surface area contributed by atoms with Gasteiger partial charge in [-0.25, -0.2) is 0 Å². The van der Waals surface area contributed by atoms with Gasteiger partial charge in [-0.15, -0.1) is 0 Å². The summed E-state index contributed by atoms with van der Waals surface area (Å²) in [5.74, 6) is -38.6. The predicted octanol–water partition coefficient (Wildman–Crippen LogP) is 7.10. The number of rotatable bonds is 9. The third-order valence-electron chi connectivity index (χ3n) is 4.74. The van der Waals surface area contributed by atoms with Crippen LogP contribution in [0.3, 0.4) is 0 Å². The smallest absolute Gasteiger partial charge is 0.302 e. The van der Waals surface area contributed by atoms with Crippen LogP contribution in [0, 0.1) is 5.92 Å². The van der Waals surface area contributed by atoms with E-state index in [1.165, 1.54) is 30.3 Å². The molecule has 0 spiro atoms. The first-order valence-corrected chi connectivity index (χ1v) is 8.84. The van der Waals surface area contributed by atoms with Crippen molar-refractivity contribution in [2.75, 3.05) is 0 Å². The van der Waals surface area contributed by atoms with E-state index >= 15 is 0 Å². The predicted molar refractivity (Wildman–Crippen MR) is 87.4 cm³/mol. The van der Waals surface area contributed by atoms with Gasteiger partial charge in [0.2, 0.25) is 0 Å². The molecule has 0 saturated heterocycles. The molecular weight excluding hydrogens is 477 g/mol. The Labute approximate surface area is 174 Å². The summed E-state index contributed by atoms with van der Waals surface area (Å²) in [6.45, 7) is 2.74. The summed E-state index contributed by atoms with van der Waals surface area (Å²) < 4.78 is 174. The van der Waals surface area contributed by atoms with Crippen LogP contribution in [-0.2, 0) is 0 Å². The highest BCUT2D eigenvalue weighted by atomic mass is 19.4.